The lowest BCUT2D eigenvalue weighted by Gasteiger charge is -2.56. The first-order valence-corrected chi connectivity index (χ1v) is 16.6. The molecule has 6 atom stereocenters. The number of hydrogen-bond acceptors (Lipinski definition) is 10. The Morgan fingerprint density at radius 1 is 1.12 bits per heavy atom. The van der Waals surface area contributed by atoms with E-state index in [1.807, 2.05) is 40.7 Å². The van der Waals surface area contributed by atoms with Gasteiger partial charge in [0.15, 0.2) is 22.8 Å². The summed E-state index contributed by atoms with van der Waals surface area (Å²) in [7, 11) is 0. The summed E-state index contributed by atoms with van der Waals surface area (Å²) in [6, 6.07) is 0. The van der Waals surface area contributed by atoms with Crippen molar-refractivity contribution < 1.29 is 48.7 Å². The number of phenolic OH excluding ortho intramolecular Hbond substituents is 1. The van der Waals surface area contributed by atoms with Crippen LogP contribution in [-0.2, 0) is 25.5 Å². The molecule has 10 nitrogen and oxygen atoms in total. The number of aliphatic hydroxyl groups excluding tert-OH is 1. The molecule has 3 N–H and O–H groups in total. The van der Waals surface area contributed by atoms with Gasteiger partial charge in [-0.25, -0.2) is 0 Å². The van der Waals surface area contributed by atoms with Gasteiger partial charge in [-0.3, -0.25) is 14.4 Å². The maximum atomic E-state index is 14.8. The number of fused-ring (bicyclic) bond motifs is 2. The van der Waals surface area contributed by atoms with E-state index in [2.05, 4.69) is 6.08 Å². The second-order valence-corrected chi connectivity index (χ2v) is 15.5. The molecule has 258 valence electrons. The summed E-state index contributed by atoms with van der Waals surface area (Å²) in [5.74, 6) is -1.65. The van der Waals surface area contributed by atoms with Gasteiger partial charge < -0.3 is 34.3 Å². The number of phenols is 1. The smallest absolute Gasteiger partial charge is 0.298 e. The summed E-state index contributed by atoms with van der Waals surface area (Å²) >= 11 is 0. The maximum Gasteiger partial charge on any atom is 0.298 e. The van der Waals surface area contributed by atoms with Crippen LogP contribution in [0.2, 0.25) is 0 Å². The van der Waals surface area contributed by atoms with Gasteiger partial charge in [-0.15, -0.1) is 0 Å². The van der Waals surface area contributed by atoms with Gasteiger partial charge in [-0.2, -0.15) is 0 Å². The van der Waals surface area contributed by atoms with Gasteiger partial charge in [-0.1, -0.05) is 17.7 Å². The summed E-state index contributed by atoms with van der Waals surface area (Å²) in [6.07, 6.45) is 9.12. The van der Waals surface area contributed by atoms with Crippen LogP contribution in [0, 0.1) is 11.8 Å². The highest BCUT2D eigenvalue weighted by Gasteiger charge is 2.81. The lowest BCUT2D eigenvalue weighted by Crippen LogP contribution is -2.72. The van der Waals surface area contributed by atoms with Gasteiger partial charge in [0.1, 0.15) is 34.2 Å². The Kier molecular flexibility index (Phi) is 7.93. The van der Waals surface area contributed by atoms with Crippen LogP contribution in [-0.4, -0.2) is 67.5 Å². The van der Waals surface area contributed by atoms with E-state index in [4.69, 9.17) is 18.9 Å². The predicted molar refractivity (Wildman–Crippen MR) is 177 cm³/mol. The zero-order valence-corrected chi connectivity index (χ0v) is 28.9. The third-order valence-corrected chi connectivity index (χ3v) is 10.9. The van der Waals surface area contributed by atoms with Crippen LogP contribution in [0.5, 0.6) is 17.2 Å². The Morgan fingerprint density at radius 2 is 1.83 bits per heavy atom. The van der Waals surface area contributed by atoms with Crippen LogP contribution in [0.25, 0.3) is 6.08 Å². The Hall–Kier alpha value is -3.73. The third-order valence-electron chi connectivity index (χ3n) is 10.9. The average molecular weight is 663 g/mol. The molecule has 1 spiro atoms. The molecule has 10 heteroatoms. The van der Waals surface area contributed by atoms with Crippen molar-refractivity contribution >= 4 is 24.1 Å². The molecule has 2 fully saturated rings. The first kappa shape index (κ1) is 34.1. The van der Waals surface area contributed by atoms with Gasteiger partial charge in [0.05, 0.1) is 22.9 Å². The molecule has 0 radical (unpaired) electrons. The van der Waals surface area contributed by atoms with Crippen molar-refractivity contribution in [3.8, 4) is 17.2 Å². The van der Waals surface area contributed by atoms with Gasteiger partial charge in [0.25, 0.3) is 6.47 Å². The van der Waals surface area contributed by atoms with Crippen LogP contribution in [0.15, 0.2) is 41.2 Å². The number of Topliss-reactive ketones (excluding diaryl/α,β-unsaturated/α-hetero) is 2. The molecule has 3 aliphatic heterocycles. The summed E-state index contributed by atoms with van der Waals surface area (Å²) in [5.41, 5.74) is -4.63. The summed E-state index contributed by atoms with van der Waals surface area (Å²) in [5, 5.41) is 33.9. The van der Waals surface area contributed by atoms with E-state index in [0.717, 1.165) is 6.42 Å². The second kappa shape index (κ2) is 11.1. The minimum atomic E-state index is -1.66. The quantitative estimate of drug-likeness (QED) is 0.168. The topological polar surface area (TPSA) is 149 Å². The highest BCUT2D eigenvalue weighted by Crippen LogP contribution is 2.68. The van der Waals surface area contributed by atoms with E-state index in [1.54, 1.807) is 25.2 Å². The minimum Gasteiger partial charge on any atom is -0.506 e. The monoisotopic (exact) mass is 662 g/mol. The van der Waals surface area contributed by atoms with Gasteiger partial charge in [0.2, 0.25) is 0 Å². The van der Waals surface area contributed by atoms with Crippen molar-refractivity contribution in [1.82, 2.24) is 0 Å². The molecule has 3 unspecified atom stereocenters. The van der Waals surface area contributed by atoms with E-state index in [9.17, 15) is 29.7 Å². The van der Waals surface area contributed by atoms with Gasteiger partial charge >= 0.3 is 0 Å². The number of aromatic hydroxyl groups is 1. The normalized spacial score (nSPS) is 31.5. The van der Waals surface area contributed by atoms with E-state index >= 15 is 0 Å². The first-order valence-electron chi connectivity index (χ1n) is 16.6. The number of rotatable bonds is 10. The van der Waals surface area contributed by atoms with Crippen LogP contribution in [0.3, 0.4) is 0 Å². The fraction of sp³-hybridized carbons (Fsp3) is 0.553. The fourth-order valence-electron chi connectivity index (χ4n) is 8.34. The van der Waals surface area contributed by atoms with Crippen LogP contribution in [0.4, 0.5) is 0 Å². The minimum absolute atomic E-state index is 0.00711. The van der Waals surface area contributed by atoms with E-state index in [-0.39, 0.29) is 58.3 Å². The molecule has 1 saturated heterocycles. The van der Waals surface area contributed by atoms with Crippen molar-refractivity contribution in [2.45, 2.75) is 122 Å². The number of benzene rings is 1. The molecule has 4 bridgehead atoms. The molecule has 1 saturated carbocycles. The molecule has 1 aromatic rings. The number of carbonyl (C=O) groups excluding carboxylic acids is 3. The van der Waals surface area contributed by atoms with Crippen LogP contribution < -0.4 is 9.47 Å². The van der Waals surface area contributed by atoms with Crippen molar-refractivity contribution in [1.29, 1.82) is 0 Å². The molecular formula is C38H46O10. The van der Waals surface area contributed by atoms with Crippen LogP contribution >= 0.6 is 0 Å². The molecule has 0 aromatic heterocycles. The number of ketones is 2. The first-order chi connectivity index (χ1) is 22.3. The molecule has 1 aromatic carbocycles. The Morgan fingerprint density at radius 3 is 2.48 bits per heavy atom. The van der Waals surface area contributed by atoms with Gasteiger partial charge in [-0.05, 0) is 92.9 Å². The molecule has 48 heavy (non-hydrogen) atoms. The lowest BCUT2D eigenvalue weighted by molar-refractivity contribution is -0.171. The zero-order valence-electron chi connectivity index (χ0n) is 28.9. The molecule has 0 amide bonds. The van der Waals surface area contributed by atoms with Crippen molar-refractivity contribution in [2.75, 3.05) is 0 Å². The van der Waals surface area contributed by atoms with Crippen LogP contribution in [0.1, 0.15) is 103 Å². The van der Waals surface area contributed by atoms with Crippen molar-refractivity contribution in [3.05, 3.63) is 57.9 Å². The summed E-state index contributed by atoms with van der Waals surface area (Å²) < 4.78 is 25.5. The summed E-state index contributed by atoms with van der Waals surface area (Å²) in [4.78, 5) is 40.2. The average Bonchev–Trinajstić information content (AvgIpc) is 3.14. The second-order valence-electron chi connectivity index (χ2n) is 15.5. The SMILES string of the molecule is CC(C)=CCC[C@]1(C)C=Cc2c(O)c3c(c(CC(O)C(C)(C)O)c2O1)O[C@]12C(=C[C@@H]4CC1C(C)(C)OC2(CC=C(C)OC=O)C4=O)C3=O. The Bertz CT molecular complexity index is 1720. The number of ether oxygens (including phenoxy) is 4. The molecule has 3 heterocycles. The highest BCUT2D eigenvalue weighted by molar-refractivity contribution is 6.19. The number of allylic oxidation sites excluding steroid dienone is 4. The largest absolute Gasteiger partial charge is 0.506 e. The Balaban J connectivity index is 1.59. The maximum absolute atomic E-state index is 14.8. The molecular weight excluding hydrogens is 616 g/mol. The molecule has 3 aliphatic carbocycles. The number of aliphatic hydroxyl groups is 2. The Labute approximate surface area is 281 Å². The highest BCUT2D eigenvalue weighted by atomic mass is 16.6. The van der Waals surface area contributed by atoms with E-state index in [1.165, 1.54) is 19.4 Å². The van der Waals surface area contributed by atoms with E-state index < -0.39 is 51.7 Å². The van der Waals surface area contributed by atoms with Crippen molar-refractivity contribution in [3.63, 3.8) is 0 Å². The predicted octanol–water partition coefficient (Wildman–Crippen LogP) is 5.45. The third kappa shape index (κ3) is 4.90. The summed E-state index contributed by atoms with van der Waals surface area (Å²) in [6.45, 7) is 14.6. The zero-order chi connectivity index (χ0) is 35.2. The lowest BCUT2D eigenvalue weighted by atomic mass is 9.51. The number of hydrogen-bond donors (Lipinski definition) is 3. The molecule has 7 rings (SSSR count). The van der Waals surface area contributed by atoms with Crippen molar-refractivity contribution in [2.24, 2.45) is 11.8 Å². The fourth-order valence-corrected chi connectivity index (χ4v) is 8.34. The number of carbonyl (C=O) groups is 3. The molecule has 6 aliphatic rings. The van der Waals surface area contributed by atoms with Gasteiger partial charge in [0, 0.05) is 35.8 Å². The standard InChI is InChI=1S/C38H46O10/c1-20(2)10-9-13-36(8)14-12-23-29(41)28-30(42)25-16-22-17-26-35(6,7)48-37(33(22)43,15-11-21(3)45-19-39)38(25,26)47-32(28)24(31(23)46-36)18-27(40)34(4,5)44/h10-12,14,16,19,22,26-27,40-41,44H,9,13,15,17-18H2,1-8H3/t22-,26?,27?,36-,37?,38-/m1/s1. The van der Waals surface area contributed by atoms with E-state index in [0.29, 0.717) is 24.9 Å².